The van der Waals surface area contributed by atoms with Crippen molar-refractivity contribution in [2.75, 3.05) is 27.4 Å². The van der Waals surface area contributed by atoms with E-state index in [1.165, 1.54) is 0 Å². The van der Waals surface area contributed by atoms with Crippen LogP contribution in [0, 0.1) is 6.92 Å². The summed E-state index contributed by atoms with van der Waals surface area (Å²) < 4.78 is 10.5. The predicted molar refractivity (Wildman–Crippen MR) is 66.4 cm³/mol. The second kappa shape index (κ2) is 7.19. The van der Waals surface area contributed by atoms with Gasteiger partial charge in [0.05, 0.1) is 13.2 Å². The Morgan fingerprint density at radius 3 is 2.76 bits per heavy atom. The lowest BCUT2D eigenvalue weighted by Crippen LogP contribution is -2.32. The molecule has 0 aliphatic carbocycles. The summed E-state index contributed by atoms with van der Waals surface area (Å²) in [5.41, 5.74) is 0.970. The van der Waals surface area contributed by atoms with Gasteiger partial charge in [-0.1, -0.05) is 0 Å². The fraction of sp³-hybridized carbons (Fsp3) is 0.667. The highest BCUT2D eigenvalue weighted by Gasteiger charge is 2.10. The molecule has 0 bridgehead atoms. The van der Waals surface area contributed by atoms with E-state index in [9.17, 15) is 0 Å². The number of nitrogens with one attached hydrogen (secondary N) is 1. The van der Waals surface area contributed by atoms with Gasteiger partial charge in [-0.25, -0.2) is 4.98 Å². The molecule has 1 rings (SSSR count). The average molecular weight is 239 g/mol. The number of likely N-dealkylation sites (N-methyl/N-ethyl adjacent to an activating group) is 1. The molecule has 5 nitrogen and oxygen atoms in total. The fourth-order valence-electron chi connectivity index (χ4n) is 1.62. The minimum atomic E-state index is 0.253. The Kier molecular flexibility index (Phi) is 5.86. The van der Waals surface area contributed by atoms with Gasteiger partial charge < -0.3 is 14.8 Å². The zero-order valence-corrected chi connectivity index (χ0v) is 11.0. The zero-order valence-electron chi connectivity index (χ0n) is 11.0. The molecule has 1 N–H and O–H groups in total. The van der Waals surface area contributed by atoms with Crippen molar-refractivity contribution in [1.82, 2.24) is 15.3 Å². The Balaban J connectivity index is 2.75. The topological polar surface area (TPSA) is 56.3 Å². The van der Waals surface area contributed by atoms with E-state index in [1.807, 2.05) is 27.0 Å². The Morgan fingerprint density at radius 1 is 1.41 bits per heavy atom. The maximum absolute atomic E-state index is 5.40. The minimum absolute atomic E-state index is 0.253. The number of ether oxygens (including phenoxy) is 2. The summed E-state index contributed by atoms with van der Waals surface area (Å²) >= 11 is 0. The van der Waals surface area contributed by atoms with E-state index in [4.69, 9.17) is 9.47 Å². The van der Waals surface area contributed by atoms with Crippen LogP contribution in [0.5, 0.6) is 5.88 Å². The summed E-state index contributed by atoms with van der Waals surface area (Å²) in [6.45, 7) is 5.09. The van der Waals surface area contributed by atoms with Crippen LogP contribution in [0.15, 0.2) is 6.07 Å². The first kappa shape index (κ1) is 13.9. The van der Waals surface area contributed by atoms with E-state index in [2.05, 4.69) is 15.3 Å². The monoisotopic (exact) mass is 239 g/mol. The van der Waals surface area contributed by atoms with E-state index in [0.717, 1.165) is 17.9 Å². The normalized spacial score (nSPS) is 12.5. The van der Waals surface area contributed by atoms with Gasteiger partial charge in [-0.15, -0.1) is 0 Å². The van der Waals surface area contributed by atoms with Crippen molar-refractivity contribution in [2.45, 2.75) is 26.3 Å². The van der Waals surface area contributed by atoms with Crippen molar-refractivity contribution in [3.05, 3.63) is 17.6 Å². The molecule has 0 aromatic carbocycles. The van der Waals surface area contributed by atoms with E-state index < -0.39 is 0 Å². The summed E-state index contributed by atoms with van der Waals surface area (Å²) in [6, 6.07) is 2.14. The number of aryl methyl sites for hydroxylation is 1. The van der Waals surface area contributed by atoms with Crippen molar-refractivity contribution >= 4 is 0 Å². The van der Waals surface area contributed by atoms with Crippen LogP contribution in [0.4, 0.5) is 0 Å². The molecular formula is C12H21N3O2. The number of methoxy groups -OCH3 is 1. The maximum atomic E-state index is 5.40. The number of hydrogen-bond donors (Lipinski definition) is 1. The third-order valence-electron chi connectivity index (χ3n) is 2.39. The van der Waals surface area contributed by atoms with Crippen LogP contribution in [0.2, 0.25) is 0 Å². The lowest BCUT2D eigenvalue weighted by Gasteiger charge is -2.15. The van der Waals surface area contributed by atoms with Crippen LogP contribution in [-0.2, 0) is 11.2 Å². The molecule has 96 valence electrons. The first-order valence-corrected chi connectivity index (χ1v) is 5.83. The number of nitrogens with zero attached hydrogens (tertiary/aromatic N) is 2. The van der Waals surface area contributed by atoms with Gasteiger partial charge in [0.2, 0.25) is 5.88 Å². The standard InChI is InChI=1S/C12H21N3O2/c1-5-17-12-7-10(14-9(2)15-12)6-11(13-3)8-16-4/h7,11,13H,5-6,8H2,1-4H3. The summed E-state index contributed by atoms with van der Waals surface area (Å²) in [4.78, 5) is 8.62. The average Bonchev–Trinajstić information content (AvgIpc) is 2.28. The Hall–Kier alpha value is -1.20. The van der Waals surface area contributed by atoms with Crippen molar-refractivity contribution < 1.29 is 9.47 Å². The smallest absolute Gasteiger partial charge is 0.216 e. The van der Waals surface area contributed by atoms with Crippen molar-refractivity contribution in [2.24, 2.45) is 0 Å². The van der Waals surface area contributed by atoms with E-state index in [0.29, 0.717) is 19.1 Å². The molecule has 1 aromatic rings. The quantitative estimate of drug-likeness (QED) is 0.768. The molecule has 0 amide bonds. The van der Waals surface area contributed by atoms with Crippen molar-refractivity contribution in [1.29, 1.82) is 0 Å². The van der Waals surface area contributed by atoms with Crippen LogP contribution in [0.25, 0.3) is 0 Å². The van der Waals surface area contributed by atoms with E-state index in [1.54, 1.807) is 7.11 Å². The lowest BCUT2D eigenvalue weighted by atomic mass is 10.1. The third-order valence-corrected chi connectivity index (χ3v) is 2.39. The van der Waals surface area contributed by atoms with Gasteiger partial charge in [-0.3, -0.25) is 0 Å². The summed E-state index contributed by atoms with van der Waals surface area (Å²) in [5.74, 6) is 1.38. The Morgan fingerprint density at radius 2 is 2.18 bits per heavy atom. The highest BCUT2D eigenvalue weighted by atomic mass is 16.5. The number of aromatic nitrogens is 2. The van der Waals surface area contributed by atoms with Gasteiger partial charge in [-0.05, 0) is 20.9 Å². The van der Waals surface area contributed by atoms with Gasteiger partial charge in [0.25, 0.3) is 0 Å². The first-order valence-electron chi connectivity index (χ1n) is 5.83. The molecule has 5 heteroatoms. The predicted octanol–water partition coefficient (Wildman–Crippen LogP) is 0.961. The maximum Gasteiger partial charge on any atom is 0.216 e. The lowest BCUT2D eigenvalue weighted by molar-refractivity contribution is 0.169. The van der Waals surface area contributed by atoms with Gasteiger partial charge in [0.1, 0.15) is 5.82 Å². The zero-order chi connectivity index (χ0) is 12.7. The van der Waals surface area contributed by atoms with Crippen LogP contribution in [0.1, 0.15) is 18.4 Å². The summed E-state index contributed by atoms with van der Waals surface area (Å²) in [5, 5.41) is 3.20. The van der Waals surface area contributed by atoms with E-state index >= 15 is 0 Å². The molecule has 0 spiro atoms. The fourth-order valence-corrected chi connectivity index (χ4v) is 1.62. The molecule has 0 aliphatic heterocycles. The number of rotatable bonds is 7. The molecule has 1 unspecified atom stereocenters. The van der Waals surface area contributed by atoms with Crippen LogP contribution in [-0.4, -0.2) is 43.4 Å². The molecule has 1 atom stereocenters. The molecule has 0 fully saturated rings. The van der Waals surface area contributed by atoms with E-state index in [-0.39, 0.29) is 6.04 Å². The second-order valence-electron chi connectivity index (χ2n) is 3.82. The van der Waals surface area contributed by atoms with Crippen molar-refractivity contribution in [3.63, 3.8) is 0 Å². The first-order chi connectivity index (χ1) is 8.19. The largest absolute Gasteiger partial charge is 0.478 e. The summed E-state index contributed by atoms with van der Waals surface area (Å²) in [6.07, 6.45) is 0.799. The molecule has 0 saturated carbocycles. The third kappa shape index (κ3) is 4.66. The van der Waals surface area contributed by atoms with Gasteiger partial charge in [0, 0.05) is 31.3 Å². The van der Waals surface area contributed by atoms with Crippen LogP contribution < -0.4 is 10.1 Å². The minimum Gasteiger partial charge on any atom is -0.478 e. The second-order valence-corrected chi connectivity index (χ2v) is 3.82. The molecular weight excluding hydrogens is 218 g/mol. The molecule has 0 radical (unpaired) electrons. The van der Waals surface area contributed by atoms with Gasteiger partial charge in [-0.2, -0.15) is 4.98 Å². The Labute approximate surface area is 103 Å². The van der Waals surface area contributed by atoms with Crippen LogP contribution in [0.3, 0.4) is 0 Å². The molecule has 17 heavy (non-hydrogen) atoms. The summed E-state index contributed by atoms with van der Waals surface area (Å²) in [7, 11) is 3.61. The molecule has 0 saturated heterocycles. The number of hydrogen-bond acceptors (Lipinski definition) is 5. The Bertz CT molecular complexity index is 345. The molecule has 1 heterocycles. The highest BCUT2D eigenvalue weighted by molar-refractivity contribution is 5.17. The van der Waals surface area contributed by atoms with Gasteiger partial charge in [0.15, 0.2) is 0 Å². The molecule has 1 aromatic heterocycles. The highest BCUT2D eigenvalue weighted by Crippen LogP contribution is 2.11. The molecule has 0 aliphatic rings. The SMILES string of the molecule is CCOc1cc(CC(COC)NC)nc(C)n1. The van der Waals surface area contributed by atoms with Crippen LogP contribution >= 0.6 is 0 Å². The van der Waals surface area contributed by atoms with Gasteiger partial charge >= 0.3 is 0 Å². The van der Waals surface area contributed by atoms with Crippen molar-refractivity contribution in [3.8, 4) is 5.88 Å².